The summed E-state index contributed by atoms with van der Waals surface area (Å²) in [4.78, 5) is 24.5. The van der Waals surface area contributed by atoms with Crippen LogP contribution in [0.25, 0.3) is 11.3 Å². The third-order valence-corrected chi connectivity index (χ3v) is 3.19. The fraction of sp³-hybridized carbons (Fsp3) is 0.267. The molecule has 1 amide bonds. The van der Waals surface area contributed by atoms with Gasteiger partial charge in [0.2, 0.25) is 0 Å². The first kappa shape index (κ1) is 16.6. The topological polar surface area (TPSA) is 86.3 Å². The SMILES string of the molecule is CCCN(CC(=O)O)C(=O)c1cn[nH]c1-c1c(F)cccc1F. The number of nitrogens with zero attached hydrogens (tertiary/aromatic N) is 2. The van der Waals surface area contributed by atoms with Crippen molar-refractivity contribution >= 4 is 11.9 Å². The van der Waals surface area contributed by atoms with Crippen molar-refractivity contribution < 1.29 is 23.5 Å². The second-order valence-corrected chi connectivity index (χ2v) is 4.88. The molecule has 0 saturated heterocycles. The Bertz CT molecular complexity index is 710. The zero-order valence-corrected chi connectivity index (χ0v) is 12.3. The van der Waals surface area contributed by atoms with Crippen molar-refractivity contribution in [3.63, 3.8) is 0 Å². The molecule has 1 heterocycles. The fourth-order valence-electron chi connectivity index (χ4n) is 2.23. The highest BCUT2D eigenvalue weighted by molar-refractivity contribution is 6.00. The molecule has 0 fully saturated rings. The number of carboxylic acid groups (broad SMARTS) is 1. The summed E-state index contributed by atoms with van der Waals surface area (Å²) in [5.41, 5.74) is -0.596. The summed E-state index contributed by atoms with van der Waals surface area (Å²) in [6.45, 7) is 1.49. The average molecular weight is 323 g/mol. The van der Waals surface area contributed by atoms with Crippen LogP contribution in [0.15, 0.2) is 24.4 Å². The molecule has 1 aromatic heterocycles. The van der Waals surface area contributed by atoms with E-state index in [4.69, 9.17) is 5.11 Å². The fourth-order valence-corrected chi connectivity index (χ4v) is 2.23. The van der Waals surface area contributed by atoms with Crippen molar-refractivity contribution in [1.29, 1.82) is 0 Å². The predicted octanol–water partition coefficient (Wildman–Crippen LogP) is 2.29. The lowest BCUT2D eigenvalue weighted by molar-refractivity contribution is -0.137. The second-order valence-electron chi connectivity index (χ2n) is 4.88. The van der Waals surface area contributed by atoms with Crippen LogP contribution < -0.4 is 0 Å². The quantitative estimate of drug-likeness (QED) is 0.854. The monoisotopic (exact) mass is 323 g/mol. The number of halogens is 2. The Balaban J connectivity index is 2.44. The third kappa shape index (κ3) is 3.53. The third-order valence-electron chi connectivity index (χ3n) is 3.19. The Morgan fingerprint density at radius 2 is 1.96 bits per heavy atom. The van der Waals surface area contributed by atoms with E-state index in [1.807, 2.05) is 0 Å². The summed E-state index contributed by atoms with van der Waals surface area (Å²) in [7, 11) is 0. The van der Waals surface area contributed by atoms with Crippen LogP contribution in [0.3, 0.4) is 0 Å². The maximum atomic E-state index is 13.9. The molecular formula is C15H15F2N3O3. The average Bonchev–Trinajstić information content (AvgIpc) is 2.94. The summed E-state index contributed by atoms with van der Waals surface area (Å²) in [5, 5.41) is 15.0. The zero-order valence-electron chi connectivity index (χ0n) is 12.3. The molecule has 6 nitrogen and oxygen atoms in total. The van der Waals surface area contributed by atoms with Gasteiger partial charge in [0.05, 0.1) is 23.0 Å². The standard InChI is InChI=1S/C15H15F2N3O3/c1-2-6-20(8-12(21)22)15(23)9-7-18-19-14(9)13-10(16)4-3-5-11(13)17/h3-5,7H,2,6,8H2,1H3,(H,18,19)(H,21,22). The lowest BCUT2D eigenvalue weighted by atomic mass is 10.1. The molecule has 122 valence electrons. The van der Waals surface area contributed by atoms with Crippen LogP contribution in [-0.4, -0.2) is 45.2 Å². The summed E-state index contributed by atoms with van der Waals surface area (Å²) in [5.74, 6) is -3.51. The number of H-pyrrole nitrogens is 1. The number of rotatable bonds is 6. The van der Waals surface area contributed by atoms with Gasteiger partial charge in [0.15, 0.2) is 0 Å². The predicted molar refractivity (Wildman–Crippen MR) is 77.8 cm³/mol. The Hall–Kier alpha value is -2.77. The lowest BCUT2D eigenvalue weighted by Crippen LogP contribution is -2.36. The first-order valence-electron chi connectivity index (χ1n) is 6.94. The van der Waals surface area contributed by atoms with E-state index in [9.17, 15) is 18.4 Å². The highest BCUT2D eigenvalue weighted by Crippen LogP contribution is 2.27. The van der Waals surface area contributed by atoms with Gasteiger partial charge in [-0.1, -0.05) is 13.0 Å². The number of benzene rings is 1. The van der Waals surface area contributed by atoms with Gasteiger partial charge in [-0.05, 0) is 18.6 Å². The molecule has 0 aliphatic carbocycles. The first-order chi connectivity index (χ1) is 11.0. The number of aromatic amines is 1. The first-order valence-corrected chi connectivity index (χ1v) is 6.94. The number of hydrogen-bond donors (Lipinski definition) is 2. The van der Waals surface area contributed by atoms with Crippen LogP contribution in [-0.2, 0) is 4.79 Å². The minimum Gasteiger partial charge on any atom is -0.480 e. The highest BCUT2D eigenvalue weighted by atomic mass is 19.1. The molecule has 0 spiro atoms. The van der Waals surface area contributed by atoms with E-state index >= 15 is 0 Å². The van der Waals surface area contributed by atoms with Crippen LogP contribution in [0.4, 0.5) is 8.78 Å². The van der Waals surface area contributed by atoms with Gasteiger partial charge in [0, 0.05) is 6.54 Å². The van der Waals surface area contributed by atoms with Crippen LogP contribution in [0.2, 0.25) is 0 Å². The van der Waals surface area contributed by atoms with E-state index < -0.39 is 35.6 Å². The zero-order chi connectivity index (χ0) is 17.0. The number of carbonyl (C=O) groups excluding carboxylic acids is 1. The van der Waals surface area contributed by atoms with E-state index in [0.717, 1.165) is 23.2 Å². The van der Waals surface area contributed by atoms with Crippen molar-refractivity contribution in [2.45, 2.75) is 13.3 Å². The summed E-state index contributed by atoms with van der Waals surface area (Å²) in [6.07, 6.45) is 1.67. The van der Waals surface area contributed by atoms with Crippen molar-refractivity contribution in [2.24, 2.45) is 0 Å². The smallest absolute Gasteiger partial charge is 0.323 e. The highest BCUT2D eigenvalue weighted by Gasteiger charge is 2.25. The minimum atomic E-state index is -1.17. The van der Waals surface area contributed by atoms with Crippen LogP contribution in [0.1, 0.15) is 23.7 Å². The number of nitrogens with one attached hydrogen (secondary N) is 1. The van der Waals surface area contributed by atoms with Crippen molar-refractivity contribution in [2.75, 3.05) is 13.1 Å². The Morgan fingerprint density at radius 3 is 2.52 bits per heavy atom. The molecule has 0 aliphatic rings. The molecule has 1 aromatic carbocycles. The second kappa shape index (κ2) is 6.99. The van der Waals surface area contributed by atoms with Crippen molar-refractivity contribution in [3.8, 4) is 11.3 Å². The molecular weight excluding hydrogens is 308 g/mol. The largest absolute Gasteiger partial charge is 0.480 e. The van der Waals surface area contributed by atoms with Gasteiger partial charge in [-0.2, -0.15) is 5.10 Å². The number of amides is 1. The van der Waals surface area contributed by atoms with Gasteiger partial charge in [-0.3, -0.25) is 14.7 Å². The molecule has 2 N–H and O–H groups in total. The van der Waals surface area contributed by atoms with Gasteiger partial charge in [0.1, 0.15) is 18.2 Å². The molecule has 23 heavy (non-hydrogen) atoms. The molecule has 0 radical (unpaired) electrons. The Kier molecular flexibility index (Phi) is 5.05. The minimum absolute atomic E-state index is 0.0799. The van der Waals surface area contributed by atoms with E-state index in [2.05, 4.69) is 10.2 Å². The lowest BCUT2D eigenvalue weighted by Gasteiger charge is -2.20. The van der Waals surface area contributed by atoms with Crippen molar-refractivity contribution in [3.05, 3.63) is 41.6 Å². The van der Waals surface area contributed by atoms with Crippen molar-refractivity contribution in [1.82, 2.24) is 15.1 Å². The van der Waals surface area contributed by atoms with Gasteiger partial charge in [0.25, 0.3) is 5.91 Å². The molecule has 2 aromatic rings. The maximum absolute atomic E-state index is 13.9. The normalized spacial score (nSPS) is 10.6. The number of aliphatic carboxylic acids is 1. The van der Waals surface area contributed by atoms with E-state index in [1.165, 1.54) is 6.07 Å². The van der Waals surface area contributed by atoms with Crippen LogP contribution in [0.5, 0.6) is 0 Å². The molecule has 0 bridgehead atoms. The van der Waals surface area contributed by atoms with E-state index in [1.54, 1.807) is 6.92 Å². The van der Waals surface area contributed by atoms with E-state index in [-0.39, 0.29) is 17.8 Å². The molecule has 0 atom stereocenters. The summed E-state index contributed by atoms with van der Waals surface area (Å²) >= 11 is 0. The molecule has 0 saturated carbocycles. The number of aromatic nitrogens is 2. The van der Waals surface area contributed by atoms with Gasteiger partial charge in [-0.25, -0.2) is 8.78 Å². The summed E-state index contributed by atoms with van der Waals surface area (Å²) < 4.78 is 27.8. The number of carbonyl (C=O) groups is 2. The molecule has 0 unspecified atom stereocenters. The van der Waals surface area contributed by atoms with Gasteiger partial charge >= 0.3 is 5.97 Å². The van der Waals surface area contributed by atoms with Gasteiger partial charge < -0.3 is 10.0 Å². The van der Waals surface area contributed by atoms with Crippen LogP contribution in [0, 0.1) is 11.6 Å². The van der Waals surface area contributed by atoms with Gasteiger partial charge in [-0.15, -0.1) is 0 Å². The maximum Gasteiger partial charge on any atom is 0.323 e. The Morgan fingerprint density at radius 1 is 1.30 bits per heavy atom. The molecule has 0 aliphatic heterocycles. The van der Waals surface area contributed by atoms with E-state index in [0.29, 0.717) is 6.42 Å². The summed E-state index contributed by atoms with van der Waals surface area (Å²) in [6, 6.07) is 3.34. The Labute approximate surface area is 130 Å². The number of carboxylic acids is 1. The molecule has 2 rings (SSSR count). The van der Waals surface area contributed by atoms with Crippen LogP contribution >= 0.6 is 0 Å². The molecule has 8 heteroatoms. The number of hydrogen-bond acceptors (Lipinski definition) is 3.